The van der Waals surface area contributed by atoms with Crippen molar-refractivity contribution in [3.8, 4) is 0 Å². The number of nitrogens with one attached hydrogen (secondary N) is 1. The van der Waals surface area contributed by atoms with Crippen LogP contribution in [0.3, 0.4) is 0 Å². The maximum Gasteiger partial charge on any atom is 0.328 e. The highest BCUT2D eigenvalue weighted by molar-refractivity contribution is 7.18. The predicted octanol–water partition coefficient (Wildman–Crippen LogP) is 1.65. The number of carbonyl (C=O) groups is 2. The van der Waals surface area contributed by atoms with Crippen molar-refractivity contribution in [1.29, 1.82) is 0 Å². The van der Waals surface area contributed by atoms with Gasteiger partial charge in [0.2, 0.25) is 5.91 Å². The Labute approximate surface area is 155 Å². The fraction of sp³-hybridized carbons (Fsp3) is 0.556. The van der Waals surface area contributed by atoms with Gasteiger partial charge in [0.05, 0.1) is 18.8 Å². The van der Waals surface area contributed by atoms with E-state index in [9.17, 15) is 14.4 Å². The van der Waals surface area contributed by atoms with E-state index in [2.05, 4.69) is 10.3 Å². The van der Waals surface area contributed by atoms with Crippen molar-refractivity contribution in [1.82, 2.24) is 14.9 Å². The topological polar surface area (TPSA) is 90.3 Å². The first kappa shape index (κ1) is 18.6. The number of nitrogens with zero attached hydrogens (tertiary/aromatic N) is 2. The molecule has 2 aromatic rings. The van der Waals surface area contributed by atoms with Crippen LogP contribution in [0, 0.1) is 5.92 Å². The van der Waals surface area contributed by atoms with Crippen LogP contribution >= 0.6 is 11.3 Å². The molecule has 0 bridgehead atoms. The monoisotopic (exact) mass is 377 g/mol. The van der Waals surface area contributed by atoms with Gasteiger partial charge < -0.3 is 10.1 Å². The molecule has 2 atom stereocenters. The van der Waals surface area contributed by atoms with Gasteiger partial charge in [-0.05, 0) is 30.7 Å². The first-order valence-corrected chi connectivity index (χ1v) is 9.64. The van der Waals surface area contributed by atoms with Gasteiger partial charge in [0.15, 0.2) is 0 Å². The van der Waals surface area contributed by atoms with E-state index in [0.717, 1.165) is 29.7 Å². The Balaban J connectivity index is 1.82. The molecule has 1 aliphatic carbocycles. The van der Waals surface area contributed by atoms with Gasteiger partial charge in [-0.25, -0.2) is 9.78 Å². The smallest absolute Gasteiger partial charge is 0.328 e. The Morgan fingerprint density at radius 2 is 2.19 bits per heavy atom. The minimum Gasteiger partial charge on any atom is -0.467 e. The second kappa shape index (κ2) is 7.57. The molecule has 0 saturated carbocycles. The summed E-state index contributed by atoms with van der Waals surface area (Å²) in [5.74, 6) is -0.955. The molecule has 0 aliphatic heterocycles. The molecule has 1 amide bonds. The van der Waals surface area contributed by atoms with Gasteiger partial charge in [-0.2, -0.15) is 0 Å². The summed E-state index contributed by atoms with van der Waals surface area (Å²) in [5.41, 5.74) is 0.895. The summed E-state index contributed by atoms with van der Waals surface area (Å²) in [6.07, 6.45) is 5.06. The van der Waals surface area contributed by atoms with Crippen molar-refractivity contribution in [3.63, 3.8) is 0 Å². The molecule has 2 aromatic heterocycles. The fourth-order valence-corrected chi connectivity index (χ4v) is 4.52. The number of fused-ring (bicyclic) bond motifs is 3. The maximum absolute atomic E-state index is 12.8. The molecule has 7 nitrogen and oxygen atoms in total. The third-order valence-electron chi connectivity index (χ3n) is 4.99. The Morgan fingerprint density at radius 3 is 2.88 bits per heavy atom. The van der Waals surface area contributed by atoms with Crippen molar-refractivity contribution in [2.24, 2.45) is 5.92 Å². The number of methoxy groups -OCH3 is 1. The third kappa shape index (κ3) is 3.38. The Morgan fingerprint density at radius 1 is 1.42 bits per heavy atom. The summed E-state index contributed by atoms with van der Waals surface area (Å²) in [4.78, 5) is 43.5. The highest BCUT2D eigenvalue weighted by Gasteiger charge is 2.27. The molecule has 2 heterocycles. The number of ether oxygens (including phenoxy) is 1. The van der Waals surface area contributed by atoms with Crippen LogP contribution in [-0.4, -0.2) is 34.6 Å². The Kier molecular flexibility index (Phi) is 5.41. The van der Waals surface area contributed by atoms with E-state index in [4.69, 9.17) is 4.74 Å². The zero-order valence-electron chi connectivity index (χ0n) is 15.2. The van der Waals surface area contributed by atoms with Crippen LogP contribution in [0.4, 0.5) is 0 Å². The van der Waals surface area contributed by atoms with Crippen molar-refractivity contribution in [2.75, 3.05) is 7.11 Å². The SMILES string of the molecule is CC[C@H](C)[C@@H](NC(=O)Cn1cnc2sc3c(c2c1=O)CCC3)C(=O)OC. The number of aryl methyl sites for hydroxylation is 2. The van der Waals surface area contributed by atoms with Crippen LogP contribution in [-0.2, 0) is 33.7 Å². The average molecular weight is 377 g/mol. The molecule has 0 radical (unpaired) electrons. The number of rotatable bonds is 6. The Bertz CT molecular complexity index is 902. The molecule has 1 N–H and O–H groups in total. The second-order valence-electron chi connectivity index (χ2n) is 6.67. The number of esters is 1. The number of carbonyl (C=O) groups excluding carboxylic acids is 2. The summed E-state index contributed by atoms with van der Waals surface area (Å²) in [6, 6.07) is -0.727. The summed E-state index contributed by atoms with van der Waals surface area (Å²) in [7, 11) is 1.30. The molecule has 3 rings (SSSR count). The van der Waals surface area contributed by atoms with Crippen molar-refractivity contribution < 1.29 is 14.3 Å². The van der Waals surface area contributed by atoms with Gasteiger partial charge >= 0.3 is 5.97 Å². The van der Waals surface area contributed by atoms with Crippen molar-refractivity contribution in [2.45, 2.75) is 52.1 Å². The molecule has 0 saturated heterocycles. The van der Waals surface area contributed by atoms with Crippen LogP contribution in [0.15, 0.2) is 11.1 Å². The molecular formula is C18H23N3O4S. The zero-order chi connectivity index (χ0) is 18.8. The van der Waals surface area contributed by atoms with Crippen LogP contribution in [0.25, 0.3) is 10.2 Å². The van der Waals surface area contributed by atoms with E-state index in [0.29, 0.717) is 11.8 Å². The minimum atomic E-state index is -0.727. The first-order chi connectivity index (χ1) is 12.5. The van der Waals surface area contributed by atoms with Gasteiger partial charge in [-0.1, -0.05) is 20.3 Å². The van der Waals surface area contributed by atoms with Gasteiger partial charge in [0.25, 0.3) is 5.56 Å². The number of hydrogen-bond donors (Lipinski definition) is 1. The summed E-state index contributed by atoms with van der Waals surface area (Å²) < 4.78 is 6.09. The zero-order valence-corrected chi connectivity index (χ0v) is 16.0. The van der Waals surface area contributed by atoms with Gasteiger partial charge in [-0.3, -0.25) is 14.2 Å². The van der Waals surface area contributed by atoms with Crippen LogP contribution in [0.1, 0.15) is 37.1 Å². The van der Waals surface area contributed by atoms with Gasteiger partial charge in [-0.15, -0.1) is 11.3 Å². The maximum atomic E-state index is 12.8. The predicted molar refractivity (Wildman–Crippen MR) is 99.3 cm³/mol. The van der Waals surface area contributed by atoms with Crippen LogP contribution in [0.2, 0.25) is 0 Å². The summed E-state index contributed by atoms with van der Waals surface area (Å²) in [5, 5.41) is 3.33. The second-order valence-corrected chi connectivity index (χ2v) is 7.75. The van der Waals surface area contributed by atoms with Crippen molar-refractivity contribution >= 4 is 33.4 Å². The molecule has 1 aliphatic rings. The van der Waals surface area contributed by atoms with E-state index in [1.165, 1.54) is 22.9 Å². The highest BCUT2D eigenvalue weighted by Crippen LogP contribution is 2.34. The number of amides is 1. The normalized spacial score (nSPS) is 15.5. The lowest BCUT2D eigenvalue weighted by atomic mass is 9.99. The summed E-state index contributed by atoms with van der Waals surface area (Å²) >= 11 is 1.57. The quantitative estimate of drug-likeness (QED) is 0.773. The average Bonchev–Trinajstić information content (AvgIpc) is 3.21. The molecule has 140 valence electrons. The van der Waals surface area contributed by atoms with Gasteiger partial charge in [0.1, 0.15) is 17.4 Å². The standard InChI is InChI=1S/C18H23N3O4S/c1-4-10(2)15(18(24)25-3)20-13(22)8-21-9-19-16-14(17(21)23)11-6-5-7-12(11)26-16/h9-10,15H,4-8H2,1-3H3,(H,20,22)/t10-,15+/m0/s1. The first-order valence-electron chi connectivity index (χ1n) is 8.83. The van der Waals surface area contributed by atoms with E-state index >= 15 is 0 Å². The molecule has 26 heavy (non-hydrogen) atoms. The minimum absolute atomic E-state index is 0.0659. The number of aromatic nitrogens is 2. The van der Waals surface area contributed by atoms with E-state index < -0.39 is 17.9 Å². The van der Waals surface area contributed by atoms with E-state index in [1.54, 1.807) is 11.3 Å². The molecule has 0 aromatic carbocycles. The lowest BCUT2D eigenvalue weighted by Gasteiger charge is -2.22. The van der Waals surface area contributed by atoms with Crippen LogP contribution < -0.4 is 10.9 Å². The Hall–Kier alpha value is -2.22. The fourth-order valence-electron chi connectivity index (χ4n) is 3.30. The summed E-state index contributed by atoms with van der Waals surface area (Å²) in [6.45, 7) is 3.64. The molecule has 0 fully saturated rings. The molecule has 0 unspecified atom stereocenters. The number of hydrogen-bond acceptors (Lipinski definition) is 6. The van der Waals surface area contributed by atoms with Crippen molar-refractivity contribution in [3.05, 3.63) is 27.1 Å². The number of thiophene rings is 1. The lowest BCUT2D eigenvalue weighted by molar-refractivity contribution is -0.146. The lowest BCUT2D eigenvalue weighted by Crippen LogP contribution is -2.47. The van der Waals surface area contributed by atoms with Crippen LogP contribution in [0.5, 0.6) is 0 Å². The molecule has 0 spiro atoms. The third-order valence-corrected chi connectivity index (χ3v) is 6.19. The van der Waals surface area contributed by atoms with Gasteiger partial charge in [0, 0.05) is 4.88 Å². The molecule has 8 heteroatoms. The molecular weight excluding hydrogens is 354 g/mol. The van der Waals surface area contributed by atoms with E-state index in [1.807, 2.05) is 13.8 Å². The van der Waals surface area contributed by atoms with E-state index in [-0.39, 0.29) is 18.0 Å². The largest absolute Gasteiger partial charge is 0.467 e. The highest BCUT2D eigenvalue weighted by atomic mass is 32.1.